The molecule has 0 radical (unpaired) electrons. The monoisotopic (exact) mass is 362 g/mol. The fraction of sp³-hybridized carbons (Fsp3) is 0.538. The van der Waals surface area contributed by atoms with Crippen molar-refractivity contribution in [2.45, 2.75) is 18.6 Å². The van der Waals surface area contributed by atoms with Crippen molar-refractivity contribution in [2.24, 2.45) is 0 Å². The number of alkyl halides is 3. The second kappa shape index (κ2) is 8.67. The Morgan fingerprint density at radius 1 is 1.14 bits per heavy atom. The largest absolute Gasteiger partial charge is 0.504 e. The van der Waals surface area contributed by atoms with Gasteiger partial charge < -0.3 is 15.5 Å². The van der Waals surface area contributed by atoms with E-state index in [4.69, 9.17) is 0 Å². The molecule has 0 amide bonds. The molecule has 9 heteroatoms. The van der Waals surface area contributed by atoms with Crippen LogP contribution in [-0.2, 0) is 0 Å². The van der Waals surface area contributed by atoms with Crippen molar-refractivity contribution in [1.29, 1.82) is 0 Å². The minimum absolute atomic E-state index is 0. The third-order valence-electron chi connectivity index (χ3n) is 3.42. The van der Waals surface area contributed by atoms with Crippen LogP contribution in [0.25, 0.3) is 0 Å². The summed E-state index contributed by atoms with van der Waals surface area (Å²) in [5.74, 6) is -0.870. The van der Waals surface area contributed by atoms with Crippen LogP contribution < -0.4 is 5.32 Å². The van der Waals surface area contributed by atoms with Gasteiger partial charge in [-0.3, -0.25) is 4.90 Å². The van der Waals surface area contributed by atoms with Crippen molar-refractivity contribution in [3.63, 3.8) is 0 Å². The fourth-order valence-corrected chi connectivity index (χ4v) is 2.47. The number of rotatable bonds is 3. The third kappa shape index (κ3) is 5.39. The highest BCUT2D eigenvalue weighted by Gasteiger charge is 2.37. The molecule has 0 spiro atoms. The minimum atomic E-state index is -4.34. The molecule has 1 atom stereocenters. The van der Waals surface area contributed by atoms with Crippen molar-refractivity contribution in [3.8, 4) is 11.5 Å². The molecule has 1 aromatic rings. The van der Waals surface area contributed by atoms with Crippen LogP contribution in [0.1, 0.15) is 18.0 Å². The molecule has 128 valence electrons. The maximum Gasteiger partial charge on any atom is 0.390 e. The van der Waals surface area contributed by atoms with E-state index in [0.29, 0.717) is 26.2 Å². The van der Waals surface area contributed by atoms with Gasteiger partial charge in [-0.25, -0.2) is 0 Å². The van der Waals surface area contributed by atoms with Gasteiger partial charge in [0.1, 0.15) is 0 Å². The summed E-state index contributed by atoms with van der Waals surface area (Å²) in [5, 5.41) is 22.4. The third-order valence-corrected chi connectivity index (χ3v) is 3.42. The molecular formula is C13H19Cl2F3N2O2. The lowest BCUT2D eigenvalue weighted by atomic mass is 9.99. The summed E-state index contributed by atoms with van der Waals surface area (Å²) in [7, 11) is 0. The number of phenols is 2. The normalized spacial score (nSPS) is 17.2. The molecule has 0 aromatic heterocycles. The van der Waals surface area contributed by atoms with Gasteiger partial charge in [0.2, 0.25) is 0 Å². The molecule has 0 saturated carbocycles. The first-order valence-electron chi connectivity index (χ1n) is 6.41. The minimum Gasteiger partial charge on any atom is -0.504 e. The van der Waals surface area contributed by atoms with E-state index in [1.807, 2.05) is 0 Å². The quantitative estimate of drug-likeness (QED) is 0.723. The number of nitrogens with zero attached hydrogens (tertiary/aromatic N) is 1. The Hall–Kier alpha value is -0.890. The first-order valence-corrected chi connectivity index (χ1v) is 6.41. The van der Waals surface area contributed by atoms with Gasteiger partial charge in [0.25, 0.3) is 0 Å². The van der Waals surface area contributed by atoms with Gasteiger partial charge in [-0.1, -0.05) is 12.1 Å². The predicted molar refractivity (Wildman–Crippen MR) is 82.1 cm³/mol. The Kier molecular flexibility index (Phi) is 8.32. The maximum absolute atomic E-state index is 12.8. The van der Waals surface area contributed by atoms with E-state index in [9.17, 15) is 23.4 Å². The van der Waals surface area contributed by atoms with Crippen molar-refractivity contribution in [1.82, 2.24) is 10.2 Å². The van der Waals surface area contributed by atoms with E-state index in [1.165, 1.54) is 18.2 Å². The number of benzene rings is 1. The zero-order valence-corrected chi connectivity index (χ0v) is 13.3. The molecule has 1 aromatic carbocycles. The van der Waals surface area contributed by atoms with Gasteiger partial charge in [0.15, 0.2) is 11.5 Å². The van der Waals surface area contributed by atoms with E-state index in [-0.39, 0.29) is 30.4 Å². The van der Waals surface area contributed by atoms with Crippen molar-refractivity contribution in [2.75, 3.05) is 26.2 Å². The highest BCUT2D eigenvalue weighted by molar-refractivity contribution is 5.85. The highest BCUT2D eigenvalue weighted by atomic mass is 35.5. The second-order valence-electron chi connectivity index (χ2n) is 4.84. The molecule has 3 N–H and O–H groups in total. The molecule has 1 fully saturated rings. The number of phenolic OH excluding ortho intramolecular Hbond substituents is 2. The highest BCUT2D eigenvalue weighted by Crippen LogP contribution is 2.40. The van der Waals surface area contributed by atoms with Gasteiger partial charge in [-0.2, -0.15) is 13.2 Å². The average Bonchev–Trinajstić information content (AvgIpc) is 2.40. The molecule has 1 aliphatic rings. The first kappa shape index (κ1) is 21.1. The number of para-hydroxylation sites is 1. The van der Waals surface area contributed by atoms with E-state index < -0.39 is 30.1 Å². The Morgan fingerprint density at radius 2 is 1.73 bits per heavy atom. The van der Waals surface area contributed by atoms with E-state index in [1.54, 1.807) is 4.90 Å². The topological polar surface area (TPSA) is 55.7 Å². The van der Waals surface area contributed by atoms with Gasteiger partial charge in [-0.05, 0) is 6.07 Å². The summed E-state index contributed by atoms with van der Waals surface area (Å²) in [5.41, 5.74) is 0.115. The summed E-state index contributed by atoms with van der Waals surface area (Å²) < 4.78 is 38.4. The van der Waals surface area contributed by atoms with Gasteiger partial charge in [0, 0.05) is 37.8 Å². The average molecular weight is 363 g/mol. The fourth-order valence-electron chi connectivity index (χ4n) is 2.47. The smallest absolute Gasteiger partial charge is 0.390 e. The number of piperazine rings is 1. The van der Waals surface area contributed by atoms with Crippen LogP contribution in [0.2, 0.25) is 0 Å². The summed E-state index contributed by atoms with van der Waals surface area (Å²) in [4.78, 5) is 1.68. The molecule has 22 heavy (non-hydrogen) atoms. The Bertz CT molecular complexity index is 469. The van der Waals surface area contributed by atoms with Crippen LogP contribution in [-0.4, -0.2) is 47.5 Å². The molecule has 1 saturated heterocycles. The molecule has 0 bridgehead atoms. The van der Waals surface area contributed by atoms with Crippen molar-refractivity contribution < 1.29 is 23.4 Å². The van der Waals surface area contributed by atoms with Gasteiger partial charge in [0.05, 0.1) is 6.42 Å². The number of hydrogen-bond donors (Lipinski definition) is 3. The zero-order chi connectivity index (χ0) is 14.8. The predicted octanol–water partition coefficient (Wildman–Crippen LogP) is 2.84. The molecular weight excluding hydrogens is 344 g/mol. The van der Waals surface area contributed by atoms with Crippen LogP contribution in [0.4, 0.5) is 13.2 Å². The molecule has 1 heterocycles. The molecule has 1 aliphatic heterocycles. The number of halogens is 5. The van der Waals surface area contributed by atoms with E-state index in [2.05, 4.69) is 5.32 Å². The Balaban J connectivity index is 0.00000220. The number of aromatic hydroxyl groups is 2. The van der Waals surface area contributed by atoms with Crippen LogP contribution in [0, 0.1) is 0 Å². The zero-order valence-electron chi connectivity index (χ0n) is 11.6. The number of hydrogen-bond acceptors (Lipinski definition) is 4. The van der Waals surface area contributed by atoms with E-state index in [0.717, 1.165) is 0 Å². The van der Waals surface area contributed by atoms with Crippen molar-refractivity contribution in [3.05, 3.63) is 23.8 Å². The molecule has 4 nitrogen and oxygen atoms in total. The number of nitrogens with one attached hydrogen (secondary N) is 1. The van der Waals surface area contributed by atoms with Crippen LogP contribution >= 0.6 is 24.8 Å². The lowest BCUT2D eigenvalue weighted by molar-refractivity contribution is -0.148. The van der Waals surface area contributed by atoms with Gasteiger partial charge in [-0.15, -0.1) is 24.8 Å². The summed E-state index contributed by atoms with van der Waals surface area (Å²) in [6.45, 7) is 2.15. The van der Waals surface area contributed by atoms with Crippen LogP contribution in [0.15, 0.2) is 18.2 Å². The standard InChI is InChI=1S/C13H17F3N2O2.2ClH/c14-13(15,16)8-10(18-6-4-17-5-7-18)9-2-1-3-11(19)12(9)20;;/h1-3,10,17,19-20H,4-8H2;2*1H/t10-;;/m0../s1. The SMILES string of the molecule is Cl.Cl.Oc1cccc([C@H](CC(F)(F)F)N2CCNCC2)c1O. The maximum atomic E-state index is 12.8. The first-order chi connectivity index (χ1) is 9.38. The summed E-state index contributed by atoms with van der Waals surface area (Å²) >= 11 is 0. The molecule has 0 aliphatic carbocycles. The van der Waals surface area contributed by atoms with Gasteiger partial charge >= 0.3 is 6.18 Å². The summed E-state index contributed by atoms with van der Waals surface area (Å²) in [6, 6.07) is 3.13. The summed E-state index contributed by atoms with van der Waals surface area (Å²) in [6.07, 6.45) is -5.39. The molecule has 2 rings (SSSR count). The second-order valence-corrected chi connectivity index (χ2v) is 4.84. The Morgan fingerprint density at radius 3 is 2.27 bits per heavy atom. The Labute approximate surface area is 139 Å². The lowest BCUT2D eigenvalue weighted by Gasteiger charge is -2.35. The van der Waals surface area contributed by atoms with E-state index >= 15 is 0 Å². The van der Waals surface area contributed by atoms with Crippen molar-refractivity contribution >= 4 is 24.8 Å². The van der Waals surface area contributed by atoms with Crippen LogP contribution in [0.5, 0.6) is 11.5 Å². The lowest BCUT2D eigenvalue weighted by Crippen LogP contribution is -2.46. The van der Waals surface area contributed by atoms with Crippen LogP contribution in [0.3, 0.4) is 0 Å². The molecule has 0 unspecified atom stereocenters.